The number of anilines is 2. The average Bonchev–Trinajstić information content (AvgIpc) is 2.74. The Morgan fingerprint density at radius 3 is 2.38 bits per heavy atom. The first-order valence-corrected chi connectivity index (χ1v) is 9.95. The maximum Gasteiger partial charge on any atom is 0.228 e. The first kappa shape index (κ1) is 18.9. The van der Waals surface area contributed by atoms with Crippen molar-refractivity contribution in [3.8, 4) is 11.1 Å². The number of benzene rings is 3. The lowest BCUT2D eigenvalue weighted by atomic mass is 10.0. The van der Waals surface area contributed by atoms with Gasteiger partial charge in [-0.2, -0.15) is 0 Å². The van der Waals surface area contributed by atoms with Gasteiger partial charge in [-0.1, -0.05) is 60.7 Å². The van der Waals surface area contributed by atoms with Crippen molar-refractivity contribution in [3.05, 3.63) is 83.9 Å². The molecule has 0 fully saturated rings. The van der Waals surface area contributed by atoms with Crippen LogP contribution in [0.4, 0.5) is 11.4 Å². The van der Waals surface area contributed by atoms with Gasteiger partial charge >= 0.3 is 0 Å². The molecule has 2 amide bonds. The molecule has 146 valence electrons. The zero-order chi connectivity index (χ0) is 20.2. The van der Waals surface area contributed by atoms with Crippen LogP contribution in [-0.4, -0.2) is 18.4 Å². The highest BCUT2D eigenvalue weighted by atomic mass is 16.2. The minimum Gasteiger partial charge on any atom is -0.326 e. The van der Waals surface area contributed by atoms with E-state index in [0.29, 0.717) is 6.42 Å². The molecule has 1 heterocycles. The van der Waals surface area contributed by atoms with E-state index in [9.17, 15) is 9.59 Å². The van der Waals surface area contributed by atoms with Crippen LogP contribution in [0.15, 0.2) is 72.8 Å². The van der Waals surface area contributed by atoms with Crippen molar-refractivity contribution in [2.45, 2.75) is 26.2 Å². The SMILES string of the molecule is CC(=O)N1CCCc2ccc(NC(=O)Cc3ccc(-c4ccccc4)cc3)cc21. The van der Waals surface area contributed by atoms with E-state index < -0.39 is 0 Å². The Morgan fingerprint density at radius 2 is 1.66 bits per heavy atom. The summed E-state index contributed by atoms with van der Waals surface area (Å²) in [6.45, 7) is 2.31. The maximum absolute atomic E-state index is 12.5. The van der Waals surface area contributed by atoms with Crippen molar-refractivity contribution in [1.82, 2.24) is 0 Å². The third kappa shape index (κ3) is 4.37. The van der Waals surface area contributed by atoms with Gasteiger partial charge in [-0.3, -0.25) is 9.59 Å². The quantitative estimate of drug-likeness (QED) is 0.700. The monoisotopic (exact) mass is 384 g/mol. The number of hydrogen-bond acceptors (Lipinski definition) is 2. The van der Waals surface area contributed by atoms with Crippen molar-refractivity contribution in [3.63, 3.8) is 0 Å². The highest BCUT2D eigenvalue weighted by Gasteiger charge is 2.20. The fourth-order valence-electron chi connectivity index (χ4n) is 3.82. The lowest BCUT2D eigenvalue weighted by Crippen LogP contribution is -2.33. The van der Waals surface area contributed by atoms with Crippen molar-refractivity contribution >= 4 is 23.2 Å². The predicted molar refractivity (Wildman–Crippen MR) is 117 cm³/mol. The molecule has 4 rings (SSSR count). The molecule has 1 N–H and O–H groups in total. The lowest BCUT2D eigenvalue weighted by Gasteiger charge is -2.29. The highest BCUT2D eigenvalue weighted by Crippen LogP contribution is 2.30. The van der Waals surface area contributed by atoms with Crippen LogP contribution in [0.3, 0.4) is 0 Å². The molecule has 0 saturated carbocycles. The van der Waals surface area contributed by atoms with Gasteiger partial charge < -0.3 is 10.2 Å². The molecule has 3 aromatic carbocycles. The molecule has 0 bridgehead atoms. The molecule has 0 radical (unpaired) electrons. The Balaban J connectivity index is 1.44. The number of fused-ring (bicyclic) bond motifs is 1. The Kier molecular flexibility index (Phi) is 5.43. The molecular formula is C25H24N2O2. The number of carbonyl (C=O) groups is 2. The van der Waals surface area contributed by atoms with E-state index in [-0.39, 0.29) is 11.8 Å². The van der Waals surface area contributed by atoms with Crippen molar-refractivity contribution in [2.24, 2.45) is 0 Å². The number of nitrogens with zero attached hydrogens (tertiary/aromatic N) is 1. The lowest BCUT2D eigenvalue weighted by molar-refractivity contribution is -0.117. The van der Waals surface area contributed by atoms with Gasteiger partial charge in [0.2, 0.25) is 11.8 Å². The van der Waals surface area contributed by atoms with Crippen LogP contribution in [0, 0.1) is 0 Å². The molecule has 1 aliphatic heterocycles. The van der Waals surface area contributed by atoms with Gasteiger partial charge in [0.1, 0.15) is 0 Å². The molecule has 4 heteroatoms. The number of carbonyl (C=O) groups excluding carboxylic acids is 2. The molecule has 29 heavy (non-hydrogen) atoms. The predicted octanol–water partition coefficient (Wildman–Crippen LogP) is 4.83. The zero-order valence-corrected chi connectivity index (χ0v) is 16.5. The minimum atomic E-state index is -0.0670. The number of rotatable bonds is 4. The van der Waals surface area contributed by atoms with E-state index in [1.54, 1.807) is 11.8 Å². The summed E-state index contributed by atoms with van der Waals surface area (Å²) in [6, 6.07) is 24.1. The second kappa shape index (κ2) is 8.31. The molecular weight excluding hydrogens is 360 g/mol. The van der Waals surface area contributed by atoms with Crippen LogP contribution in [0.2, 0.25) is 0 Å². The summed E-state index contributed by atoms with van der Waals surface area (Å²) < 4.78 is 0. The summed E-state index contributed by atoms with van der Waals surface area (Å²) in [5.41, 5.74) is 6.05. The molecule has 1 aliphatic rings. The molecule has 0 spiro atoms. The Labute approximate surface area is 171 Å². The normalized spacial score (nSPS) is 12.9. The van der Waals surface area contributed by atoms with Gasteiger partial charge in [0.05, 0.1) is 6.42 Å². The fraction of sp³-hybridized carbons (Fsp3) is 0.200. The standard InChI is InChI=1S/C25H24N2O2/c1-18(28)27-15-5-8-22-13-14-23(17-24(22)27)26-25(29)16-19-9-11-21(12-10-19)20-6-3-2-4-7-20/h2-4,6-7,9-14,17H,5,8,15-16H2,1H3,(H,26,29). The van der Waals surface area contributed by atoms with Crippen molar-refractivity contribution in [1.29, 1.82) is 0 Å². The summed E-state index contributed by atoms with van der Waals surface area (Å²) in [4.78, 5) is 26.2. The van der Waals surface area contributed by atoms with E-state index in [1.165, 1.54) is 0 Å². The van der Waals surface area contributed by atoms with Crippen molar-refractivity contribution < 1.29 is 9.59 Å². The first-order valence-electron chi connectivity index (χ1n) is 9.95. The molecule has 4 nitrogen and oxygen atoms in total. The van der Waals surface area contributed by atoms with Crippen LogP contribution in [-0.2, 0) is 22.4 Å². The smallest absolute Gasteiger partial charge is 0.228 e. The second-order valence-electron chi connectivity index (χ2n) is 7.41. The first-order chi connectivity index (χ1) is 14.1. The van der Waals surface area contributed by atoms with Crippen LogP contribution in [0.25, 0.3) is 11.1 Å². The summed E-state index contributed by atoms with van der Waals surface area (Å²) in [5.74, 6) is -0.0319. The maximum atomic E-state index is 12.5. The molecule has 0 atom stereocenters. The Bertz CT molecular complexity index is 1030. The molecule has 0 aromatic heterocycles. The van der Waals surface area contributed by atoms with E-state index in [2.05, 4.69) is 17.4 Å². The van der Waals surface area contributed by atoms with E-state index in [0.717, 1.165) is 53.0 Å². The van der Waals surface area contributed by atoms with Gasteiger partial charge in [0.25, 0.3) is 0 Å². The van der Waals surface area contributed by atoms with Gasteiger partial charge in [0, 0.05) is 24.8 Å². The van der Waals surface area contributed by atoms with Gasteiger partial charge in [-0.15, -0.1) is 0 Å². The molecule has 0 saturated heterocycles. The van der Waals surface area contributed by atoms with Gasteiger partial charge in [0.15, 0.2) is 0 Å². The Hall–Kier alpha value is -3.40. The molecule has 0 unspecified atom stereocenters. The third-order valence-electron chi connectivity index (χ3n) is 5.29. The van der Waals surface area contributed by atoms with Crippen molar-refractivity contribution in [2.75, 3.05) is 16.8 Å². The summed E-state index contributed by atoms with van der Waals surface area (Å²) in [6.07, 6.45) is 2.24. The van der Waals surface area contributed by atoms with Gasteiger partial charge in [-0.05, 0) is 47.2 Å². The van der Waals surface area contributed by atoms with Crippen LogP contribution in [0.5, 0.6) is 0 Å². The topological polar surface area (TPSA) is 49.4 Å². The largest absolute Gasteiger partial charge is 0.326 e. The summed E-state index contributed by atoms with van der Waals surface area (Å²) in [5, 5.41) is 2.97. The molecule has 0 aliphatic carbocycles. The van der Waals surface area contributed by atoms with Crippen LogP contribution < -0.4 is 10.2 Å². The fourth-order valence-corrected chi connectivity index (χ4v) is 3.82. The number of hydrogen-bond donors (Lipinski definition) is 1. The number of amides is 2. The average molecular weight is 384 g/mol. The van der Waals surface area contributed by atoms with E-state index >= 15 is 0 Å². The van der Waals surface area contributed by atoms with E-state index in [4.69, 9.17) is 0 Å². The summed E-state index contributed by atoms with van der Waals surface area (Å²) >= 11 is 0. The minimum absolute atomic E-state index is 0.0351. The number of nitrogens with one attached hydrogen (secondary N) is 1. The van der Waals surface area contributed by atoms with Crippen LogP contribution in [0.1, 0.15) is 24.5 Å². The number of aryl methyl sites for hydroxylation is 1. The van der Waals surface area contributed by atoms with E-state index in [1.807, 2.05) is 60.7 Å². The van der Waals surface area contributed by atoms with Crippen LogP contribution >= 0.6 is 0 Å². The highest BCUT2D eigenvalue weighted by molar-refractivity contribution is 5.96. The third-order valence-corrected chi connectivity index (χ3v) is 5.29. The Morgan fingerprint density at radius 1 is 0.931 bits per heavy atom. The van der Waals surface area contributed by atoms with Gasteiger partial charge in [-0.25, -0.2) is 0 Å². The zero-order valence-electron chi connectivity index (χ0n) is 16.5. The molecule has 3 aromatic rings. The summed E-state index contributed by atoms with van der Waals surface area (Å²) in [7, 11) is 0. The second-order valence-corrected chi connectivity index (χ2v) is 7.41.